The molecule has 0 saturated carbocycles. The lowest BCUT2D eigenvalue weighted by Crippen LogP contribution is -2.09. The Kier molecular flexibility index (Phi) is 5.78. The zero-order valence-electron chi connectivity index (χ0n) is 14.1. The maximum atomic E-state index is 12.1. The van der Waals surface area contributed by atoms with Gasteiger partial charge in [-0.25, -0.2) is 9.59 Å². The average molecular weight is 346 g/mol. The molecule has 0 unspecified atom stereocenters. The molecule has 0 atom stereocenters. The van der Waals surface area contributed by atoms with Crippen LogP contribution in [0.4, 0.5) is 0 Å². The highest BCUT2D eigenvalue weighted by atomic mass is 16.5. The van der Waals surface area contributed by atoms with Gasteiger partial charge in [-0.05, 0) is 35.4 Å². The molecule has 3 aromatic rings. The van der Waals surface area contributed by atoms with E-state index in [1.807, 2.05) is 36.4 Å². The van der Waals surface area contributed by atoms with Crippen molar-refractivity contribution in [2.24, 2.45) is 0 Å². The predicted molar refractivity (Wildman–Crippen MR) is 97.6 cm³/mol. The van der Waals surface area contributed by atoms with Gasteiger partial charge in [-0.2, -0.15) is 0 Å². The van der Waals surface area contributed by atoms with Crippen molar-refractivity contribution in [3.05, 3.63) is 107 Å². The number of rotatable bonds is 6. The first-order valence-corrected chi connectivity index (χ1v) is 8.25. The Labute approximate surface area is 152 Å². The minimum Gasteiger partial charge on any atom is -0.457 e. The van der Waals surface area contributed by atoms with Crippen molar-refractivity contribution in [3.8, 4) is 0 Å². The summed E-state index contributed by atoms with van der Waals surface area (Å²) in [5, 5.41) is 0. The van der Waals surface area contributed by atoms with E-state index in [1.54, 1.807) is 48.5 Å². The summed E-state index contributed by atoms with van der Waals surface area (Å²) >= 11 is 0. The van der Waals surface area contributed by atoms with Gasteiger partial charge in [-0.3, -0.25) is 0 Å². The molecule has 0 aliphatic heterocycles. The minimum atomic E-state index is -0.387. The number of ether oxygens (including phenoxy) is 2. The van der Waals surface area contributed by atoms with Crippen LogP contribution in [0.1, 0.15) is 31.8 Å². The molecule has 130 valence electrons. The summed E-state index contributed by atoms with van der Waals surface area (Å²) in [6, 6.07) is 25.1. The van der Waals surface area contributed by atoms with Gasteiger partial charge >= 0.3 is 11.9 Å². The van der Waals surface area contributed by atoms with Gasteiger partial charge in [0.05, 0.1) is 11.1 Å². The molecule has 0 radical (unpaired) electrons. The third-order valence-electron chi connectivity index (χ3n) is 3.85. The average Bonchev–Trinajstić information content (AvgIpc) is 2.72. The third-order valence-corrected chi connectivity index (χ3v) is 3.85. The SMILES string of the molecule is O=C(OCc1ccccc1COC(=O)c1ccccc1)c1ccccc1. The fraction of sp³-hybridized carbons (Fsp3) is 0.0909. The van der Waals surface area contributed by atoms with Crippen LogP contribution >= 0.6 is 0 Å². The molecule has 4 nitrogen and oxygen atoms in total. The lowest BCUT2D eigenvalue weighted by molar-refractivity contribution is 0.0435. The van der Waals surface area contributed by atoms with Crippen LogP contribution in [0.3, 0.4) is 0 Å². The Morgan fingerprint density at radius 3 is 1.27 bits per heavy atom. The second kappa shape index (κ2) is 8.62. The first-order valence-electron chi connectivity index (χ1n) is 8.25. The van der Waals surface area contributed by atoms with Crippen molar-refractivity contribution in [1.29, 1.82) is 0 Å². The molecular formula is C22H18O4. The summed E-state index contributed by atoms with van der Waals surface area (Å²) in [5.74, 6) is -0.775. The molecule has 0 amide bonds. The molecule has 0 spiro atoms. The third kappa shape index (κ3) is 4.57. The van der Waals surface area contributed by atoms with Crippen molar-refractivity contribution < 1.29 is 19.1 Å². The number of carbonyl (C=O) groups excluding carboxylic acids is 2. The zero-order chi connectivity index (χ0) is 18.2. The van der Waals surface area contributed by atoms with Gasteiger partial charge in [0.2, 0.25) is 0 Å². The number of benzene rings is 3. The maximum Gasteiger partial charge on any atom is 0.338 e. The number of carbonyl (C=O) groups is 2. The van der Waals surface area contributed by atoms with Crippen LogP contribution in [0.15, 0.2) is 84.9 Å². The summed E-state index contributed by atoms with van der Waals surface area (Å²) in [4.78, 5) is 24.1. The molecule has 0 heterocycles. The Morgan fingerprint density at radius 2 is 0.885 bits per heavy atom. The summed E-state index contributed by atoms with van der Waals surface area (Å²) < 4.78 is 10.7. The first-order chi connectivity index (χ1) is 12.7. The van der Waals surface area contributed by atoms with Crippen molar-refractivity contribution in [3.63, 3.8) is 0 Å². The molecule has 3 aromatic carbocycles. The first kappa shape index (κ1) is 17.4. The number of hydrogen-bond donors (Lipinski definition) is 0. The highest BCUT2D eigenvalue weighted by molar-refractivity contribution is 5.89. The van der Waals surface area contributed by atoms with E-state index in [1.165, 1.54) is 0 Å². The van der Waals surface area contributed by atoms with Crippen LogP contribution in [-0.2, 0) is 22.7 Å². The Hall–Kier alpha value is -3.40. The summed E-state index contributed by atoms with van der Waals surface area (Å²) in [6.07, 6.45) is 0. The summed E-state index contributed by atoms with van der Waals surface area (Å²) in [5.41, 5.74) is 2.61. The van der Waals surface area contributed by atoms with Crippen molar-refractivity contribution >= 4 is 11.9 Å². The van der Waals surface area contributed by atoms with Gasteiger partial charge in [0.15, 0.2) is 0 Å². The van der Waals surface area contributed by atoms with Gasteiger partial charge in [-0.15, -0.1) is 0 Å². The standard InChI is InChI=1S/C22H18O4/c23-21(17-9-3-1-4-10-17)25-15-19-13-7-8-14-20(19)16-26-22(24)18-11-5-2-6-12-18/h1-14H,15-16H2. The van der Waals surface area contributed by atoms with Crippen LogP contribution in [0.25, 0.3) is 0 Å². The predicted octanol–water partition coefficient (Wildman–Crippen LogP) is 4.40. The van der Waals surface area contributed by atoms with E-state index in [0.717, 1.165) is 11.1 Å². The fourth-order valence-electron chi connectivity index (χ4n) is 2.44. The molecule has 0 N–H and O–H groups in total. The fourth-order valence-corrected chi connectivity index (χ4v) is 2.44. The lowest BCUT2D eigenvalue weighted by atomic mass is 10.1. The largest absolute Gasteiger partial charge is 0.457 e. The minimum absolute atomic E-state index is 0.118. The zero-order valence-corrected chi connectivity index (χ0v) is 14.1. The molecule has 3 rings (SSSR count). The topological polar surface area (TPSA) is 52.6 Å². The van der Waals surface area contributed by atoms with Crippen LogP contribution in [0.5, 0.6) is 0 Å². The Bertz CT molecular complexity index is 798. The van der Waals surface area contributed by atoms with Crippen LogP contribution in [0, 0.1) is 0 Å². The normalized spacial score (nSPS) is 10.2. The molecule has 0 aliphatic carbocycles. The van der Waals surface area contributed by atoms with E-state index in [-0.39, 0.29) is 25.2 Å². The van der Waals surface area contributed by atoms with Crippen molar-refractivity contribution in [2.45, 2.75) is 13.2 Å². The Morgan fingerprint density at radius 1 is 0.538 bits per heavy atom. The highest BCUT2D eigenvalue weighted by Crippen LogP contribution is 2.14. The van der Waals surface area contributed by atoms with Crippen LogP contribution in [0.2, 0.25) is 0 Å². The number of hydrogen-bond acceptors (Lipinski definition) is 4. The molecule has 0 bridgehead atoms. The highest BCUT2D eigenvalue weighted by Gasteiger charge is 2.11. The summed E-state index contributed by atoms with van der Waals surface area (Å²) in [7, 11) is 0. The van der Waals surface area contributed by atoms with Gasteiger partial charge in [0.25, 0.3) is 0 Å². The molecule has 4 heteroatoms. The van der Waals surface area contributed by atoms with Gasteiger partial charge in [0.1, 0.15) is 13.2 Å². The van der Waals surface area contributed by atoms with Crippen molar-refractivity contribution in [1.82, 2.24) is 0 Å². The van der Waals surface area contributed by atoms with Gasteiger partial charge in [-0.1, -0.05) is 60.7 Å². The maximum absolute atomic E-state index is 12.1. The van der Waals surface area contributed by atoms with Crippen LogP contribution in [-0.4, -0.2) is 11.9 Å². The van der Waals surface area contributed by atoms with Crippen molar-refractivity contribution in [2.75, 3.05) is 0 Å². The lowest BCUT2D eigenvalue weighted by Gasteiger charge is -2.11. The monoisotopic (exact) mass is 346 g/mol. The summed E-state index contributed by atoms with van der Waals surface area (Å²) in [6.45, 7) is 0.236. The van der Waals surface area contributed by atoms with E-state index in [4.69, 9.17) is 9.47 Å². The van der Waals surface area contributed by atoms with E-state index in [9.17, 15) is 9.59 Å². The quantitative estimate of drug-likeness (QED) is 0.621. The molecular weight excluding hydrogens is 328 g/mol. The van der Waals surface area contributed by atoms with E-state index in [0.29, 0.717) is 11.1 Å². The molecule has 0 aliphatic rings. The second-order valence-electron chi connectivity index (χ2n) is 5.65. The van der Waals surface area contributed by atoms with Gasteiger partial charge < -0.3 is 9.47 Å². The Balaban J connectivity index is 1.61. The second-order valence-corrected chi connectivity index (χ2v) is 5.65. The van der Waals surface area contributed by atoms with Gasteiger partial charge in [0, 0.05) is 0 Å². The molecule has 0 fully saturated rings. The number of esters is 2. The molecule has 26 heavy (non-hydrogen) atoms. The van der Waals surface area contributed by atoms with E-state index < -0.39 is 0 Å². The molecule has 0 aromatic heterocycles. The van der Waals surface area contributed by atoms with E-state index >= 15 is 0 Å². The van der Waals surface area contributed by atoms with E-state index in [2.05, 4.69) is 0 Å². The van der Waals surface area contributed by atoms with Crippen LogP contribution < -0.4 is 0 Å². The smallest absolute Gasteiger partial charge is 0.338 e. The molecule has 0 saturated heterocycles.